The van der Waals surface area contributed by atoms with Crippen molar-refractivity contribution in [3.05, 3.63) is 18.2 Å². The number of hydrogen-bond acceptors (Lipinski definition) is 4. The van der Waals surface area contributed by atoms with Crippen molar-refractivity contribution >= 4 is 30.6 Å². The highest BCUT2D eigenvalue weighted by Gasteiger charge is 2.36. The summed E-state index contributed by atoms with van der Waals surface area (Å²) in [6.45, 7) is 4.62. The van der Waals surface area contributed by atoms with E-state index >= 15 is 0 Å². The number of aromatic nitrogens is 2. The van der Waals surface area contributed by atoms with Crippen molar-refractivity contribution < 1.29 is 9.59 Å². The zero-order chi connectivity index (χ0) is 17.4. The third-order valence-electron chi connectivity index (χ3n) is 3.72. The van der Waals surface area contributed by atoms with Gasteiger partial charge in [0.05, 0.1) is 6.04 Å². The second-order valence-corrected chi connectivity index (χ2v) is 5.87. The Hall–Kier alpha value is -1.03. The van der Waals surface area contributed by atoms with Crippen LogP contribution in [0.4, 0.5) is 0 Å². The highest BCUT2D eigenvalue weighted by atomic mass is 31.0. The summed E-state index contributed by atoms with van der Waals surface area (Å²) >= 11 is 0. The van der Waals surface area contributed by atoms with Crippen molar-refractivity contribution in [2.45, 2.75) is 45.2 Å². The van der Waals surface area contributed by atoms with Gasteiger partial charge in [-0.3, -0.25) is 14.7 Å². The van der Waals surface area contributed by atoms with E-state index in [0.717, 1.165) is 12.2 Å². The molecule has 2 N–H and O–H groups in total. The second-order valence-electron chi connectivity index (χ2n) is 4.98. The minimum Gasteiger partial charge on any atom is -0.357 e. The van der Waals surface area contributed by atoms with Gasteiger partial charge in [-0.05, 0) is 22.2 Å². The van der Waals surface area contributed by atoms with Gasteiger partial charge in [0.1, 0.15) is 11.9 Å². The Labute approximate surface area is 142 Å². The lowest BCUT2D eigenvalue weighted by atomic mass is 10.1. The van der Waals surface area contributed by atoms with Crippen LogP contribution in [0.1, 0.15) is 32.5 Å². The van der Waals surface area contributed by atoms with E-state index in [-0.39, 0.29) is 17.9 Å². The molecule has 1 aliphatic rings. The number of carbonyl (C=O) groups is 2. The lowest BCUT2D eigenvalue weighted by Gasteiger charge is -2.27. The zero-order valence-corrected chi connectivity index (χ0v) is 16.3. The lowest BCUT2D eigenvalue weighted by molar-refractivity contribution is -0.139. The van der Waals surface area contributed by atoms with E-state index in [0.29, 0.717) is 19.4 Å². The van der Waals surface area contributed by atoms with Gasteiger partial charge in [0.15, 0.2) is 0 Å². The van der Waals surface area contributed by atoms with Gasteiger partial charge < -0.3 is 14.6 Å². The van der Waals surface area contributed by atoms with Gasteiger partial charge in [-0.15, -0.1) is 0 Å². The van der Waals surface area contributed by atoms with E-state index in [9.17, 15) is 9.59 Å². The molecule has 1 aromatic heterocycles. The summed E-state index contributed by atoms with van der Waals surface area (Å²) in [6.07, 6.45) is 5.54. The molecule has 7 nitrogen and oxygen atoms in total. The van der Waals surface area contributed by atoms with Crippen LogP contribution >= 0.6 is 18.8 Å². The number of rotatable bonds is 5. The summed E-state index contributed by atoms with van der Waals surface area (Å²) in [5.41, 5.74) is 0. The number of nitrogens with zero attached hydrogens (tertiary/aromatic N) is 3. The maximum atomic E-state index is 12.7. The third kappa shape index (κ3) is 4.97. The van der Waals surface area contributed by atoms with Crippen LogP contribution in [-0.2, 0) is 16.0 Å². The average Bonchev–Trinajstić information content (AvgIpc) is 3.22. The summed E-state index contributed by atoms with van der Waals surface area (Å²) in [6, 6.07) is -0.777. The molecule has 0 radical (unpaired) electrons. The number of likely N-dealkylation sites (tertiary alicyclic amines) is 1. The number of amides is 2. The first-order chi connectivity index (χ1) is 11.1. The van der Waals surface area contributed by atoms with Crippen LogP contribution < -0.4 is 10.4 Å². The summed E-state index contributed by atoms with van der Waals surface area (Å²) < 4.78 is 1.81. The predicted molar refractivity (Wildman–Crippen MR) is 97.8 cm³/mol. The Balaban J connectivity index is 0.00000127. The third-order valence-corrected chi connectivity index (χ3v) is 4.59. The molecule has 2 heterocycles. The number of likely N-dealkylation sites (N-methyl/N-ethyl adjacent to an activating group) is 1. The van der Waals surface area contributed by atoms with E-state index in [1.54, 1.807) is 18.1 Å². The van der Waals surface area contributed by atoms with Gasteiger partial charge in [-0.2, -0.15) is 0 Å². The molecule has 1 aliphatic heterocycles. The number of nitrogens with one attached hydrogen (secondary N) is 2. The summed E-state index contributed by atoms with van der Waals surface area (Å²) in [4.78, 5) is 30.4. The van der Waals surface area contributed by atoms with Crippen LogP contribution in [0.15, 0.2) is 12.4 Å². The molecule has 0 aliphatic carbocycles. The highest BCUT2D eigenvalue weighted by Crippen LogP contribution is 2.20. The SMILES string of the molecule is CC.CNC(=O)C1CCCN1C(=O)C(Cc1nccn1P)NP. The summed E-state index contributed by atoms with van der Waals surface area (Å²) in [7, 11) is 6.51. The molecule has 0 bridgehead atoms. The first-order valence-corrected chi connectivity index (χ1v) is 8.93. The van der Waals surface area contributed by atoms with Crippen molar-refractivity contribution in [2.75, 3.05) is 13.6 Å². The first kappa shape index (κ1) is 20.0. The number of hydrogen-bond donors (Lipinski definition) is 2. The number of imidazole rings is 1. The fourth-order valence-electron chi connectivity index (χ4n) is 2.57. The normalized spacial score (nSPS) is 18.1. The van der Waals surface area contributed by atoms with E-state index in [4.69, 9.17) is 0 Å². The Morgan fingerprint density at radius 1 is 1.48 bits per heavy atom. The van der Waals surface area contributed by atoms with Crippen molar-refractivity contribution in [2.24, 2.45) is 0 Å². The molecule has 4 atom stereocenters. The van der Waals surface area contributed by atoms with Crippen molar-refractivity contribution in [3.8, 4) is 0 Å². The van der Waals surface area contributed by atoms with Crippen LogP contribution in [0, 0.1) is 0 Å². The molecule has 130 valence electrons. The maximum absolute atomic E-state index is 12.7. The van der Waals surface area contributed by atoms with E-state index in [2.05, 4.69) is 34.2 Å². The predicted octanol–water partition coefficient (Wildman–Crippen LogP) is 0.575. The molecule has 1 fully saturated rings. The Bertz CT molecular complexity index is 523. The largest absolute Gasteiger partial charge is 0.357 e. The monoisotopic (exact) mass is 359 g/mol. The van der Waals surface area contributed by atoms with E-state index in [1.807, 2.05) is 24.4 Å². The van der Waals surface area contributed by atoms with Crippen LogP contribution in [0.3, 0.4) is 0 Å². The Morgan fingerprint density at radius 3 is 2.70 bits per heavy atom. The minimum absolute atomic E-state index is 0.0656. The Kier molecular flexibility index (Phi) is 8.67. The molecule has 9 heteroatoms. The van der Waals surface area contributed by atoms with Crippen LogP contribution in [-0.4, -0.2) is 51.7 Å². The van der Waals surface area contributed by atoms with Crippen LogP contribution in [0.2, 0.25) is 0 Å². The topological polar surface area (TPSA) is 79.3 Å². The smallest absolute Gasteiger partial charge is 0.242 e. The van der Waals surface area contributed by atoms with Gasteiger partial charge in [0, 0.05) is 32.4 Å². The van der Waals surface area contributed by atoms with Gasteiger partial charge >= 0.3 is 0 Å². The standard InChI is InChI=1S/C12H21N5O2P2.C2H6/c1-13-11(18)9-3-2-5-16(9)12(19)8(15-20)7-10-14-4-6-17(10)21;1-2/h4,6,8-9,15H,2-3,5,7,20-21H2,1H3,(H,13,18);1-2H3. The molecule has 2 amide bonds. The number of carbonyl (C=O) groups excluding carboxylic acids is 2. The lowest BCUT2D eigenvalue weighted by Crippen LogP contribution is -2.51. The zero-order valence-electron chi connectivity index (χ0n) is 14.0. The molecular formula is C14H27N5O2P2. The molecule has 0 spiro atoms. The highest BCUT2D eigenvalue weighted by molar-refractivity contribution is 7.14. The molecule has 1 saturated heterocycles. The van der Waals surface area contributed by atoms with Crippen molar-refractivity contribution in [1.82, 2.24) is 24.6 Å². The molecule has 0 saturated carbocycles. The molecule has 23 heavy (non-hydrogen) atoms. The minimum atomic E-state index is -0.415. The van der Waals surface area contributed by atoms with E-state index < -0.39 is 6.04 Å². The van der Waals surface area contributed by atoms with Crippen LogP contribution in [0.25, 0.3) is 0 Å². The van der Waals surface area contributed by atoms with Gasteiger partial charge in [0.2, 0.25) is 11.8 Å². The average molecular weight is 359 g/mol. The fourth-order valence-corrected chi connectivity index (χ4v) is 3.08. The molecule has 2 rings (SSSR count). The maximum Gasteiger partial charge on any atom is 0.242 e. The second kappa shape index (κ2) is 9.96. The molecular weight excluding hydrogens is 332 g/mol. The van der Waals surface area contributed by atoms with Crippen LogP contribution in [0.5, 0.6) is 0 Å². The quantitative estimate of drug-likeness (QED) is 0.754. The van der Waals surface area contributed by atoms with E-state index in [1.165, 1.54) is 0 Å². The molecule has 1 aromatic rings. The van der Waals surface area contributed by atoms with Crippen molar-refractivity contribution in [1.29, 1.82) is 0 Å². The van der Waals surface area contributed by atoms with Gasteiger partial charge in [0.25, 0.3) is 0 Å². The van der Waals surface area contributed by atoms with Gasteiger partial charge in [-0.25, -0.2) is 4.98 Å². The summed E-state index contributed by atoms with van der Waals surface area (Å²) in [5, 5.41) is 5.58. The van der Waals surface area contributed by atoms with Gasteiger partial charge in [-0.1, -0.05) is 23.2 Å². The molecule has 0 aromatic carbocycles. The Morgan fingerprint density at radius 2 is 2.17 bits per heavy atom. The molecule has 4 unspecified atom stereocenters. The summed E-state index contributed by atoms with van der Waals surface area (Å²) in [5.74, 6) is 0.629. The van der Waals surface area contributed by atoms with Crippen molar-refractivity contribution in [3.63, 3.8) is 0 Å². The fraction of sp³-hybridized carbons (Fsp3) is 0.643. The first-order valence-electron chi connectivity index (χ1n) is 7.84.